The van der Waals surface area contributed by atoms with Gasteiger partial charge in [-0.05, 0) is 83.2 Å². The van der Waals surface area contributed by atoms with E-state index in [1.807, 2.05) is 68.4 Å². The summed E-state index contributed by atoms with van der Waals surface area (Å²) in [7, 11) is 0. The number of hydrogen-bond donors (Lipinski definition) is 2. The van der Waals surface area contributed by atoms with Crippen LogP contribution in [0.25, 0.3) is 11.1 Å². The van der Waals surface area contributed by atoms with Crippen LogP contribution in [0.4, 0.5) is 0 Å². The summed E-state index contributed by atoms with van der Waals surface area (Å²) in [5.74, 6) is 0.160. The molecule has 0 aliphatic carbocycles. The number of rotatable bonds is 7. The van der Waals surface area contributed by atoms with E-state index >= 15 is 0 Å². The summed E-state index contributed by atoms with van der Waals surface area (Å²) in [5.41, 5.74) is 9.01. The molecule has 0 aliphatic heterocycles. The molecule has 166 valence electrons. The Hall–Kier alpha value is -3.32. The van der Waals surface area contributed by atoms with E-state index in [1.165, 1.54) is 0 Å². The molecule has 0 spiro atoms. The molecule has 1 unspecified atom stereocenters. The van der Waals surface area contributed by atoms with E-state index in [1.54, 1.807) is 19.1 Å². The molecule has 0 heterocycles. The topological polar surface area (TPSA) is 76.7 Å². The standard InChI is InChI=1S/C25H25BrN2O4/c1-16-9-11-21(13-17(16)2)32-18(3)25(30)28-27-24(29)15-31-23-12-10-20(14-22(23)26)19-7-5-4-6-8-19/h4-14,18H,15H2,1-3H3,(H,27,29)(H,28,30). The number of carbonyl (C=O) groups excluding carboxylic acids is 2. The maximum Gasteiger partial charge on any atom is 0.279 e. The van der Waals surface area contributed by atoms with E-state index in [4.69, 9.17) is 9.47 Å². The highest BCUT2D eigenvalue weighted by Gasteiger charge is 2.16. The predicted octanol–water partition coefficient (Wildman–Crippen LogP) is 4.73. The molecular weight excluding hydrogens is 472 g/mol. The van der Waals surface area contributed by atoms with E-state index < -0.39 is 17.9 Å². The van der Waals surface area contributed by atoms with Gasteiger partial charge in [0.2, 0.25) is 0 Å². The fourth-order valence-corrected chi connectivity index (χ4v) is 3.38. The number of carbonyl (C=O) groups is 2. The van der Waals surface area contributed by atoms with Gasteiger partial charge in [-0.15, -0.1) is 0 Å². The first-order chi connectivity index (χ1) is 15.3. The van der Waals surface area contributed by atoms with E-state index in [-0.39, 0.29) is 6.61 Å². The van der Waals surface area contributed by atoms with Gasteiger partial charge in [-0.1, -0.05) is 42.5 Å². The number of halogens is 1. The first kappa shape index (κ1) is 23.3. The Labute approximate surface area is 196 Å². The number of hydrogen-bond acceptors (Lipinski definition) is 4. The van der Waals surface area contributed by atoms with Crippen LogP contribution in [-0.2, 0) is 9.59 Å². The molecule has 0 aromatic heterocycles. The summed E-state index contributed by atoms with van der Waals surface area (Å²) in [5, 5.41) is 0. The molecule has 0 radical (unpaired) electrons. The van der Waals surface area contributed by atoms with Gasteiger partial charge in [0.05, 0.1) is 4.47 Å². The van der Waals surface area contributed by atoms with Gasteiger partial charge in [0.15, 0.2) is 12.7 Å². The first-order valence-electron chi connectivity index (χ1n) is 10.1. The minimum Gasteiger partial charge on any atom is -0.483 e. The average Bonchev–Trinajstić information content (AvgIpc) is 2.79. The maximum atomic E-state index is 12.2. The molecular formula is C25H25BrN2O4. The molecule has 0 saturated heterocycles. The summed E-state index contributed by atoms with van der Waals surface area (Å²) < 4.78 is 11.9. The second kappa shape index (κ2) is 10.8. The second-order valence-corrected chi connectivity index (χ2v) is 8.20. The molecule has 2 amide bonds. The Balaban J connectivity index is 1.46. The molecule has 0 aliphatic rings. The van der Waals surface area contributed by atoms with E-state index in [0.29, 0.717) is 11.5 Å². The van der Waals surface area contributed by atoms with Gasteiger partial charge in [-0.3, -0.25) is 20.4 Å². The molecule has 32 heavy (non-hydrogen) atoms. The lowest BCUT2D eigenvalue weighted by atomic mass is 10.1. The van der Waals surface area contributed by atoms with Crippen LogP contribution in [0.1, 0.15) is 18.1 Å². The van der Waals surface area contributed by atoms with Crippen LogP contribution in [0, 0.1) is 13.8 Å². The summed E-state index contributed by atoms with van der Waals surface area (Å²) in [6.45, 7) is 5.33. The highest BCUT2D eigenvalue weighted by Crippen LogP contribution is 2.30. The van der Waals surface area contributed by atoms with Crippen LogP contribution in [-0.4, -0.2) is 24.5 Å². The Bertz CT molecular complexity index is 1100. The number of benzene rings is 3. The fourth-order valence-electron chi connectivity index (χ4n) is 2.89. The van der Waals surface area contributed by atoms with Crippen LogP contribution in [0.15, 0.2) is 71.2 Å². The highest BCUT2D eigenvalue weighted by molar-refractivity contribution is 9.10. The monoisotopic (exact) mass is 496 g/mol. The van der Waals surface area contributed by atoms with Crippen molar-refractivity contribution in [1.82, 2.24) is 10.9 Å². The molecule has 3 aromatic rings. The fraction of sp³-hybridized carbons (Fsp3) is 0.200. The maximum absolute atomic E-state index is 12.2. The van der Waals surface area contributed by atoms with Crippen molar-refractivity contribution >= 4 is 27.7 Å². The van der Waals surface area contributed by atoms with Crippen LogP contribution in [0.3, 0.4) is 0 Å². The lowest BCUT2D eigenvalue weighted by molar-refractivity contribution is -0.133. The summed E-state index contributed by atoms with van der Waals surface area (Å²) >= 11 is 3.47. The molecule has 0 saturated carbocycles. The Kier molecular flexibility index (Phi) is 7.89. The van der Waals surface area contributed by atoms with Crippen LogP contribution in [0.2, 0.25) is 0 Å². The second-order valence-electron chi connectivity index (χ2n) is 7.34. The van der Waals surface area contributed by atoms with Gasteiger partial charge < -0.3 is 9.47 Å². The molecule has 3 rings (SSSR count). The number of aryl methyl sites for hydroxylation is 2. The van der Waals surface area contributed by atoms with Gasteiger partial charge in [0, 0.05) is 0 Å². The molecule has 1 atom stereocenters. The SMILES string of the molecule is Cc1ccc(OC(C)C(=O)NNC(=O)COc2ccc(-c3ccccc3)cc2Br)cc1C. The number of amides is 2. The van der Waals surface area contributed by atoms with Crippen LogP contribution >= 0.6 is 15.9 Å². The van der Waals surface area contributed by atoms with Crippen molar-refractivity contribution in [3.05, 3.63) is 82.3 Å². The zero-order valence-electron chi connectivity index (χ0n) is 18.1. The third kappa shape index (κ3) is 6.34. The average molecular weight is 497 g/mol. The smallest absolute Gasteiger partial charge is 0.279 e. The van der Waals surface area contributed by atoms with E-state index in [2.05, 4.69) is 26.8 Å². The third-order valence-corrected chi connectivity index (χ3v) is 5.50. The first-order valence-corrected chi connectivity index (χ1v) is 10.9. The van der Waals surface area contributed by atoms with E-state index in [0.717, 1.165) is 26.7 Å². The molecule has 3 aromatic carbocycles. The van der Waals surface area contributed by atoms with Crippen molar-refractivity contribution in [1.29, 1.82) is 0 Å². The normalized spacial score (nSPS) is 11.4. The molecule has 0 bridgehead atoms. The zero-order chi connectivity index (χ0) is 23.1. The highest BCUT2D eigenvalue weighted by atomic mass is 79.9. The Morgan fingerprint density at radius 2 is 1.66 bits per heavy atom. The lowest BCUT2D eigenvalue weighted by Crippen LogP contribution is -2.48. The Morgan fingerprint density at radius 3 is 2.34 bits per heavy atom. The third-order valence-electron chi connectivity index (χ3n) is 4.88. The largest absolute Gasteiger partial charge is 0.483 e. The van der Waals surface area contributed by atoms with Crippen molar-refractivity contribution < 1.29 is 19.1 Å². The number of nitrogens with one attached hydrogen (secondary N) is 2. The van der Waals surface area contributed by atoms with Crippen LogP contribution < -0.4 is 20.3 Å². The molecule has 2 N–H and O–H groups in total. The van der Waals surface area contributed by atoms with Crippen LogP contribution in [0.5, 0.6) is 11.5 Å². The van der Waals surface area contributed by atoms with Gasteiger partial charge in [-0.25, -0.2) is 0 Å². The van der Waals surface area contributed by atoms with Crippen molar-refractivity contribution in [3.8, 4) is 22.6 Å². The minimum absolute atomic E-state index is 0.254. The summed E-state index contributed by atoms with van der Waals surface area (Å²) in [6, 6.07) is 21.2. The lowest BCUT2D eigenvalue weighted by Gasteiger charge is -2.16. The zero-order valence-corrected chi connectivity index (χ0v) is 19.7. The predicted molar refractivity (Wildman–Crippen MR) is 127 cm³/mol. The van der Waals surface area contributed by atoms with Gasteiger partial charge in [0.25, 0.3) is 11.8 Å². The Morgan fingerprint density at radius 1 is 0.906 bits per heavy atom. The van der Waals surface area contributed by atoms with Gasteiger partial charge >= 0.3 is 0 Å². The quantitative estimate of drug-likeness (QED) is 0.463. The summed E-state index contributed by atoms with van der Waals surface area (Å²) in [6.07, 6.45) is -0.780. The van der Waals surface area contributed by atoms with Crippen molar-refractivity contribution in [2.75, 3.05) is 6.61 Å². The van der Waals surface area contributed by atoms with Gasteiger partial charge in [-0.2, -0.15) is 0 Å². The number of ether oxygens (including phenoxy) is 2. The van der Waals surface area contributed by atoms with Gasteiger partial charge in [0.1, 0.15) is 11.5 Å². The molecule has 7 heteroatoms. The van der Waals surface area contributed by atoms with Crippen molar-refractivity contribution in [3.63, 3.8) is 0 Å². The van der Waals surface area contributed by atoms with Crippen molar-refractivity contribution in [2.45, 2.75) is 26.9 Å². The molecule has 0 fully saturated rings. The molecule has 6 nitrogen and oxygen atoms in total. The van der Waals surface area contributed by atoms with E-state index in [9.17, 15) is 9.59 Å². The number of hydrazine groups is 1. The summed E-state index contributed by atoms with van der Waals surface area (Å²) in [4.78, 5) is 24.3. The minimum atomic E-state index is -0.780. The van der Waals surface area contributed by atoms with Crippen molar-refractivity contribution in [2.24, 2.45) is 0 Å².